The molecule has 0 spiro atoms. The molecule has 0 saturated heterocycles. The summed E-state index contributed by atoms with van der Waals surface area (Å²) in [7, 11) is -4.07. The van der Waals surface area contributed by atoms with Gasteiger partial charge in [-0.25, -0.2) is 13.2 Å². The topological polar surface area (TPSA) is 104 Å². The van der Waals surface area contributed by atoms with E-state index in [2.05, 4.69) is 4.74 Å². The average molecular weight is 285 g/mol. The minimum atomic E-state index is -4.07. The molecule has 102 valence electrons. The Labute approximate surface area is 109 Å². The minimum absolute atomic E-state index is 0.106. The van der Waals surface area contributed by atoms with Crippen LogP contribution in [0.15, 0.2) is 40.6 Å². The molecule has 0 radical (unpaired) electrons. The predicted molar refractivity (Wildman–Crippen MR) is 66.1 cm³/mol. The molecule has 0 heterocycles. The van der Waals surface area contributed by atoms with E-state index in [-0.39, 0.29) is 6.61 Å². The Kier molecular flexibility index (Phi) is 4.76. The minimum Gasteiger partial charge on any atom is -0.463 e. The first kappa shape index (κ1) is 14.8. The van der Waals surface area contributed by atoms with Gasteiger partial charge in [0.15, 0.2) is 0 Å². The van der Waals surface area contributed by atoms with E-state index in [1.807, 2.05) is 0 Å². The second-order valence-corrected chi connectivity index (χ2v) is 5.13. The van der Waals surface area contributed by atoms with E-state index in [9.17, 15) is 23.3 Å². The molecular weight excluding hydrogens is 274 g/mol. The summed E-state index contributed by atoms with van der Waals surface area (Å²) in [6, 6.07) is 4.89. The third kappa shape index (κ3) is 3.88. The van der Waals surface area contributed by atoms with E-state index in [0.29, 0.717) is 5.41 Å². The number of rotatable bonds is 5. The number of carbonyl (C=O) groups excluding carboxylic acids is 1. The highest BCUT2D eigenvalue weighted by atomic mass is 32.2. The van der Waals surface area contributed by atoms with E-state index in [1.54, 1.807) is 6.92 Å². The molecule has 0 saturated carbocycles. The molecule has 1 aromatic carbocycles. The molecule has 0 N–H and O–H groups in total. The first-order valence-electron chi connectivity index (χ1n) is 5.22. The van der Waals surface area contributed by atoms with Gasteiger partial charge in [0.25, 0.3) is 5.69 Å². The third-order valence-corrected chi connectivity index (χ3v) is 3.49. The molecule has 8 heteroatoms. The smallest absolute Gasteiger partial charge is 0.331 e. The number of esters is 1. The van der Waals surface area contributed by atoms with Crippen molar-refractivity contribution in [1.29, 1.82) is 0 Å². The molecule has 0 aliphatic heterocycles. The van der Waals surface area contributed by atoms with Crippen LogP contribution in [0, 0.1) is 10.1 Å². The number of benzene rings is 1. The molecule has 19 heavy (non-hydrogen) atoms. The number of carbonyl (C=O) groups is 1. The first-order valence-corrected chi connectivity index (χ1v) is 6.76. The fourth-order valence-electron chi connectivity index (χ4n) is 1.26. The molecule has 0 unspecified atom stereocenters. The quantitative estimate of drug-likeness (QED) is 0.351. The van der Waals surface area contributed by atoms with Gasteiger partial charge in [0.2, 0.25) is 9.84 Å². The van der Waals surface area contributed by atoms with Gasteiger partial charge in [-0.05, 0) is 13.0 Å². The number of para-hydroxylation sites is 1. The monoisotopic (exact) mass is 285 g/mol. The molecule has 1 aromatic rings. The van der Waals surface area contributed by atoms with Crippen LogP contribution >= 0.6 is 0 Å². The van der Waals surface area contributed by atoms with Crippen molar-refractivity contribution in [3.05, 3.63) is 45.9 Å². The zero-order chi connectivity index (χ0) is 14.5. The van der Waals surface area contributed by atoms with Gasteiger partial charge in [-0.3, -0.25) is 10.1 Å². The van der Waals surface area contributed by atoms with Crippen LogP contribution in [0.25, 0.3) is 0 Å². The summed E-state index contributed by atoms with van der Waals surface area (Å²) >= 11 is 0. The third-order valence-electron chi connectivity index (χ3n) is 2.04. The van der Waals surface area contributed by atoms with Crippen molar-refractivity contribution < 1.29 is 22.9 Å². The van der Waals surface area contributed by atoms with Crippen molar-refractivity contribution in [2.75, 3.05) is 6.61 Å². The van der Waals surface area contributed by atoms with E-state index >= 15 is 0 Å². The summed E-state index contributed by atoms with van der Waals surface area (Å²) in [4.78, 5) is 20.5. The Morgan fingerprint density at radius 2 is 2.05 bits per heavy atom. The van der Waals surface area contributed by atoms with E-state index in [0.717, 1.165) is 18.2 Å². The number of ether oxygens (including phenoxy) is 1. The lowest BCUT2D eigenvalue weighted by molar-refractivity contribution is -0.387. The van der Waals surface area contributed by atoms with Gasteiger partial charge in [-0.15, -0.1) is 0 Å². The molecule has 0 fully saturated rings. The number of hydrogen-bond donors (Lipinski definition) is 0. The van der Waals surface area contributed by atoms with Gasteiger partial charge < -0.3 is 4.74 Å². The largest absolute Gasteiger partial charge is 0.463 e. The van der Waals surface area contributed by atoms with Gasteiger partial charge in [0.1, 0.15) is 4.90 Å². The molecular formula is C11H11NO6S. The second-order valence-electron chi connectivity index (χ2n) is 3.32. The highest BCUT2D eigenvalue weighted by molar-refractivity contribution is 7.94. The van der Waals surface area contributed by atoms with Crippen LogP contribution in [0.3, 0.4) is 0 Å². The van der Waals surface area contributed by atoms with Crippen molar-refractivity contribution in [2.45, 2.75) is 11.8 Å². The molecule has 0 aromatic heterocycles. The molecule has 0 aliphatic rings. The maximum Gasteiger partial charge on any atom is 0.331 e. The summed E-state index contributed by atoms with van der Waals surface area (Å²) in [5.41, 5.74) is -0.545. The van der Waals surface area contributed by atoms with Crippen LogP contribution in [0.2, 0.25) is 0 Å². The van der Waals surface area contributed by atoms with Gasteiger partial charge in [-0.2, -0.15) is 0 Å². The van der Waals surface area contributed by atoms with Crippen LogP contribution < -0.4 is 0 Å². The van der Waals surface area contributed by atoms with Gasteiger partial charge in [-0.1, -0.05) is 12.1 Å². The van der Waals surface area contributed by atoms with Crippen molar-refractivity contribution in [2.24, 2.45) is 0 Å². The van der Waals surface area contributed by atoms with Crippen LogP contribution in [-0.4, -0.2) is 25.9 Å². The molecule has 0 bridgehead atoms. The summed E-state index contributed by atoms with van der Waals surface area (Å²) in [6.07, 6.45) is 0.718. The van der Waals surface area contributed by atoms with Crippen LogP contribution in [-0.2, 0) is 19.4 Å². The highest BCUT2D eigenvalue weighted by Crippen LogP contribution is 2.24. The van der Waals surface area contributed by atoms with Crippen molar-refractivity contribution in [1.82, 2.24) is 0 Å². The Hall–Kier alpha value is -2.22. The van der Waals surface area contributed by atoms with Crippen LogP contribution in [0.1, 0.15) is 6.92 Å². The maximum absolute atomic E-state index is 11.9. The lowest BCUT2D eigenvalue weighted by Gasteiger charge is -2.00. The first-order chi connectivity index (χ1) is 8.88. The number of nitrogens with zero attached hydrogens (tertiary/aromatic N) is 1. The molecule has 0 aliphatic carbocycles. The fraction of sp³-hybridized carbons (Fsp3) is 0.182. The lowest BCUT2D eigenvalue weighted by atomic mass is 10.3. The Bertz CT molecular complexity index is 620. The molecule has 7 nitrogen and oxygen atoms in total. The van der Waals surface area contributed by atoms with Crippen molar-refractivity contribution in [3.8, 4) is 0 Å². The summed E-state index contributed by atoms with van der Waals surface area (Å²) < 4.78 is 28.3. The van der Waals surface area contributed by atoms with E-state index in [4.69, 9.17) is 0 Å². The number of sulfone groups is 1. The Morgan fingerprint density at radius 1 is 1.42 bits per heavy atom. The fourth-order valence-corrected chi connectivity index (χ4v) is 2.40. The second kappa shape index (κ2) is 6.10. The summed E-state index contributed by atoms with van der Waals surface area (Å²) in [5.74, 6) is -0.829. The van der Waals surface area contributed by atoms with Crippen molar-refractivity contribution in [3.63, 3.8) is 0 Å². The lowest BCUT2D eigenvalue weighted by Crippen LogP contribution is -2.04. The van der Waals surface area contributed by atoms with Crippen LogP contribution in [0.4, 0.5) is 5.69 Å². The number of nitro groups is 1. The summed E-state index contributed by atoms with van der Waals surface area (Å²) in [6.45, 7) is 1.68. The summed E-state index contributed by atoms with van der Waals surface area (Å²) in [5, 5.41) is 11.3. The molecule has 0 amide bonds. The highest BCUT2D eigenvalue weighted by Gasteiger charge is 2.23. The standard InChI is InChI=1S/C11H11NO6S/c1-2-18-11(13)7-8-19(16,17)10-6-4-3-5-9(10)12(14)15/h3-8H,2H2,1H3. The average Bonchev–Trinajstić information content (AvgIpc) is 2.37. The van der Waals surface area contributed by atoms with E-state index < -0.39 is 31.3 Å². The maximum atomic E-state index is 11.9. The zero-order valence-corrected chi connectivity index (χ0v) is 10.8. The van der Waals surface area contributed by atoms with Crippen molar-refractivity contribution >= 4 is 21.5 Å². The predicted octanol–water partition coefficient (Wildman–Crippen LogP) is 1.45. The Morgan fingerprint density at radius 3 is 2.63 bits per heavy atom. The Balaban J connectivity index is 3.15. The van der Waals surface area contributed by atoms with E-state index in [1.165, 1.54) is 12.1 Å². The molecule has 0 atom stereocenters. The zero-order valence-electron chi connectivity index (χ0n) is 9.98. The van der Waals surface area contributed by atoms with Gasteiger partial charge >= 0.3 is 5.97 Å². The van der Waals surface area contributed by atoms with Gasteiger partial charge in [0.05, 0.1) is 11.5 Å². The normalized spacial score (nSPS) is 11.4. The van der Waals surface area contributed by atoms with Gasteiger partial charge in [0, 0.05) is 17.6 Å². The molecule has 1 rings (SSSR count). The number of hydrogen-bond acceptors (Lipinski definition) is 6. The number of nitro benzene ring substituents is 1. The van der Waals surface area contributed by atoms with Crippen LogP contribution in [0.5, 0.6) is 0 Å². The SMILES string of the molecule is CCOC(=O)C=CS(=O)(=O)c1ccccc1[N+](=O)[O-].